The van der Waals surface area contributed by atoms with Crippen LogP contribution in [0.4, 0.5) is 0 Å². The van der Waals surface area contributed by atoms with Crippen molar-refractivity contribution in [3.8, 4) is 0 Å². The minimum atomic E-state index is -0.0232. The molecule has 2 aliphatic rings. The minimum Gasteiger partial charge on any atom is -0.309 e. The predicted molar refractivity (Wildman–Crippen MR) is 118 cm³/mol. The largest absolute Gasteiger partial charge is 0.309 e. The standard InChI is InChI=1S/C21H25N5OS2/c1-4-9-26-18(13-6-7-13)24-25-21(26)28-12(3)17-22-19(27)16-14-8-5-11(2)10-15(14)29-20(16)23-17/h4,11-13H,1,5-10H2,2-3H3,(H,22,23,27). The first-order valence-electron chi connectivity index (χ1n) is 10.3. The van der Waals surface area contributed by atoms with Gasteiger partial charge in [-0.1, -0.05) is 24.8 Å². The Kier molecular flexibility index (Phi) is 4.86. The van der Waals surface area contributed by atoms with E-state index in [0.717, 1.165) is 40.5 Å². The number of nitrogens with one attached hydrogen (secondary N) is 1. The van der Waals surface area contributed by atoms with Gasteiger partial charge in [-0.2, -0.15) is 0 Å². The van der Waals surface area contributed by atoms with Crippen molar-refractivity contribution in [1.82, 2.24) is 24.7 Å². The van der Waals surface area contributed by atoms with Crippen molar-refractivity contribution in [3.63, 3.8) is 0 Å². The van der Waals surface area contributed by atoms with Gasteiger partial charge in [-0.15, -0.1) is 28.1 Å². The molecule has 1 N–H and O–H groups in total. The van der Waals surface area contributed by atoms with Crippen LogP contribution in [0.5, 0.6) is 0 Å². The number of hydrogen-bond donors (Lipinski definition) is 1. The predicted octanol–water partition coefficient (Wildman–Crippen LogP) is 4.62. The molecule has 0 saturated heterocycles. The zero-order valence-corrected chi connectivity index (χ0v) is 18.4. The molecule has 2 aliphatic carbocycles. The molecule has 8 heteroatoms. The molecular weight excluding hydrogens is 402 g/mol. The Morgan fingerprint density at radius 2 is 2.21 bits per heavy atom. The highest BCUT2D eigenvalue weighted by Gasteiger charge is 2.31. The second-order valence-corrected chi connectivity index (χ2v) is 10.6. The van der Waals surface area contributed by atoms with Gasteiger partial charge in [0, 0.05) is 17.3 Å². The molecule has 0 aromatic carbocycles. The zero-order chi connectivity index (χ0) is 20.1. The zero-order valence-electron chi connectivity index (χ0n) is 16.8. The molecule has 0 bridgehead atoms. The third-order valence-electron chi connectivity index (χ3n) is 5.85. The maximum Gasteiger partial charge on any atom is 0.259 e. The van der Waals surface area contributed by atoms with E-state index in [1.807, 2.05) is 6.08 Å². The molecule has 5 rings (SSSR count). The molecular formula is C21H25N5OS2. The van der Waals surface area contributed by atoms with Crippen LogP contribution >= 0.6 is 23.1 Å². The Morgan fingerprint density at radius 3 is 2.97 bits per heavy atom. The number of aromatic amines is 1. The molecule has 0 aliphatic heterocycles. The third-order valence-corrected chi connectivity index (χ3v) is 8.09. The van der Waals surface area contributed by atoms with Gasteiger partial charge in [-0.05, 0) is 50.5 Å². The highest BCUT2D eigenvalue weighted by atomic mass is 32.2. The van der Waals surface area contributed by atoms with Crippen molar-refractivity contribution >= 4 is 33.3 Å². The van der Waals surface area contributed by atoms with Gasteiger partial charge in [-0.25, -0.2) is 4.98 Å². The van der Waals surface area contributed by atoms with Crippen molar-refractivity contribution in [1.29, 1.82) is 0 Å². The molecule has 3 aromatic rings. The van der Waals surface area contributed by atoms with Crippen LogP contribution < -0.4 is 5.56 Å². The van der Waals surface area contributed by atoms with E-state index in [1.54, 1.807) is 23.1 Å². The lowest BCUT2D eigenvalue weighted by Gasteiger charge is -2.17. The summed E-state index contributed by atoms with van der Waals surface area (Å²) in [6.07, 6.45) is 7.44. The fourth-order valence-electron chi connectivity index (χ4n) is 4.10. The van der Waals surface area contributed by atoms with Crippen LogP contribution in [0.25, 0.3) is 10.2 Å². The number of thioether (sulfide) groups is 1. The highest BCUT2D eigenvalue weighted by Crippen LogP contribution is 2.42. The molecule has 152 valence electrons. The maximum absolute atomic E-state index is 12.9. The molecule has 6 nitrogen and oxygen atoms in total. The van der Waals surface area contributed by atoms with Gasteiger partial charge < -0.3 is 9.55 Å². The molecule has 3 aromatic heterocycles. The summed E-state index contributed by atoms with van der Waals surface area (Å²) < 4.78 is 2.15. The first kappa shape index (κ1) is 19.1. The van der Waals surface area contributed by atoms with Gasteiger partial charge in [0.05, 0.1) is 10.6 Å². The molecule has 0 radical (unpaired) electrons. The van der Waals surface area contributed by atoms with Crippen LogP contribution in [-0.2, 0) is 19.4 Å². The SMILES string of the molecule is C=CCn1c(SC(C)c2nc3sc4c(c3c(=O)[nH]2)CCC(C)C4)nnc1C1CC1. The number of H-pyrrole nitrogens is 1. The number of allylic oxidation sites excluding steroid dienone is 1. The minimum absolute atomic E-state index is 0.00395. The molecule has 2 atom stereocenters. The van der Waals surface area contributed by atoms with Crippen LogP contribution in [-0.4, -0.2) is 24.7 Å². The van der Waals surface area contributed by atoms with Crippen LogP contribution in [0, 0.1) is 5.92 Å². The Labute approximate surface area is 177 Å². The first-order chi connectivity index (χ1) is 14.0. The summed E-state index contributed by atoms with van der Waals surface area (Å²) in [5.41, 5.74) is 1.22. The van der Waals surface area contributed by atoms with E-state index < -0.39 is 0 Å². The van der Waals surface area contributed by atoms with Gasteiger partial charge in [-0.3, -0.25) is 4.79 Å². The van der Waals surface area contributed by atoms with Crippen molar-refractivity contribution < 1.29 is 0 Å². The number of hydrogen-bond acceptors (Lipinski definition) is 6. The quantitative estimate of drug-likeness (QED) is 0.459. The topological polar surface area (TPSA) is 76.5 Å². The van der Waals surface area contributed by atoms with E-state index in [0.29, 0.717) is 24.2 Å². The van der Waals surface area contributed by atoms with E-state index in [4.69, 9.17) is 4.98 Å². The summed E-state index contributed by atoms with van der Waals surface area (Å²) in [5.74, 6) is 2.97. The van der Waals surface area contributed by atoms with Crippen LogP contribution in [0.3, 0.4) is 0 Å². The average Bonchev–Trinajstić information content (AvgIpc) is 3.36. The second kappa shape index (κ2) is 7.40. The van der Waals surface area contributed by atoms with E-state index in [1.165, 1.54) is 23.3 Å². The Hall–Kier alpha value is -1.93. The maximum atomic E-state index is 12.9. The first-order valence-corrected chi connectivity index (χ1v) is 12.0. The molecule has 1 saturated carbocycles. The molecule has 1 fully saturated rings. The van der Waals surface area contributed by atoms with Gasteiger partial charge in [0.25, 0.3) is 5.56 Å². The number of aryl methyl sites for hydroxylation is 1. The molecule has 3 heterocycles. The fraction of sp³-hybridized carbons (Fsp3) is 0.524. The summed E-state index contributed by atoms with van der Waals surface area (Å²) in [6, 6.07) is 0. The van der Waals surface area contributed by atoms with E-state index in [9.17, 15) is 4.79 Å². The Balaban J connectivity index is 1.47. The molecule has 0 spiro atoms. The summed E-state index contributed by atoms with van der Waals surface area (Å²) in [7, 11) is 0. The fourth-order valence-corrected chi connectivity index (χ4v) is 6.42. The number of rotatable bonds is 6. The van der Waals surface area contributed by atoms with Crippen molar-refractivity contribution in [2.75, 3.05) is 0 Å². The summed E-state index contributed by atoms with van der Waals surface area (Å²) in [4.78, 5) is 23.0. The monoisotopic (exact) mass is 427 g/mol. The van der Waals surface area contributed by atoms with Crippen molar-refractivity contribution in [2.45, 2.75) is 68.8 Å². The van der Waals surface area contributed by atoms with E-state index in [2.05, 4.69) is 40.2 Å². The van der Waals surface area contributed by atoms with Crippen LogP contribution in [0.1, 0.15) is 66.4 Å². The number of nitrogens with zero attached hydrogens (tertiary/aromatic N) is 4. The number of fused-ring (bicyclic) bond motifs is 3. The van der Waals surface area contributed by atoms with Crippen LogP contribution in [0.2, 0.25) is 0 Å². The normalized spacial score (nSPS) is 20.0. The van der Waals surface area contributed by atoms with Crippen LogP contribution in [0.15, 0.2) is 22.6 Å². The molecule has 2 unspecified atom stereocenters. The lowest BCUT2D eigenvalue weighted by molar-refractivity contribution is 0.509. The average molecular weight is 428 g/mol. The van der Waals surface area contributed by atoms with Gasteiger partial charge >= 0.3 is 0 Å². The summed E-state index contributed by atoms with van der Waals surface area (Å²) in [5, 5.41) is 10.5. The number of thiophene rings is 1. The summed E-state index contributed by atoms with van der Waals surface area (Å²) >= 11 is 3.29. The van der Waals surface area contributed by atoms with Gasteiger partial charge in [0.1, 0.15) is 16.5 Å². The Morgan fingerprint density at radius 1 is 1.38 bits per heavy atom. The third kappa shape index (κ3) is 3.46. The Bertz CT molecular complexity index is 1140. The van der Waals surface area contributed by atoms with E-state index in [-0.39, 0.29) is 10.8 Å². The smallest absolute Gasteiger partial charge is 0.259 e. The highest BCUT2D eigenvalue weighted by molar-refractivity contribution is 7.99. The lowest BCUT2D eigenvalue weighted by atomic mass is 9.89. The van der Waals surface area contributed by atoms with Crippen molar-refractivity contribution in [2.24, 2.45) is 5.92 Å². The number of aromatic nitrogens is 5. The van der Waals surface area contributed by atoms with E-state index >= 15 is 0 Å². The summed E-state index contributed by atoms with van der Waals surface area (Å²) in [6.45, 7) is 8.92. The van der Waals surface area contributed by atoms with Gasteiger partial charge in [0.2, 0.25) is 0 Å². The molecule has 0 amide bonds. The van der Waals surface area contributed by atoms with Gasteiger partial charge in [0.15, 0.2) is 5.16 Å². The lowest BCUT2D eigenvalue weighted by Crippen LogP contribution is -2.15. The van der Waals surface area contributed by atoms with Crippen molar-refractivity contribution in [3.05, 3.63) is 45.1 Å². The second-order valence-electron chi connectivity index (χ2n) is 8.26. The molecule has 29 heavy (non-hydrogen) atoms.